The lowest BCUT2D eigenvalue weighted by Crippen LogP contribution is -2.48. The number of carbonyl (C=O) groups is 2. The third-order valence-corrected chi connectivity index (χ3v) is 5.11. The van der Waals surface area contributed by atoms with Crippen LogP contribution in [-0.2, 0) is 4.79 Å². The lowest BCUT2D eigenvalue weighted by atomic mass is 9.82. The van der Waals surface area contributed by atoms with Crippen LogP contribution in [0.5, 0.6) is 5.75 Å². The molecule has 1 aliphatic carbocycles. The van der Waals surface area contributed by atoms with E-state index < -0.39 is 17.7 Å². The molecule has 1 aromatic carbocycles. The SMILES string of the molecule is Cc1ccc(OC[C@H](O)CN2C(=O)NC3(CCCCC3)C2=O)c(C)c1. The predicted octanol–water partition coefficient (Wildman–Crippen LogP) is 2.30. The summed E-state index contributed by atoms with van der Waals surface area (Å²) >= 11 is 0. The minimum Gasteiger partial charge on any atom is -0.491 e. The second-order valence-corrected chi connectivity index (χ2v) is 7.22. The van der Waals surface area contributed by atoms with Crippen LogP contribution in [0.2, 0.25) is 0 Å². The van der Waals surface area contributed by atoms with Crippen LogP contribution in [0, 0.1) is 13.8 Å². The Hall–Kier alpha value is -2.08. The molecular weight excluding hydrogens is 320 g/mol. The summed E-state index contributed by atoms with van der Waals surface area (Å²) in [5, 5.41) is 13.1. The lowest BCUT2D eigenvalue weighted by molar-refractivity contribution is -0.133. The van der Waals surface area contributed by atoms with Crippen molar-refractivity contribution in [1.29, 1.82) is 0 Å². The number of nitrogens with one attached hydrogen (secondary N) is 1. The molecule has 0 radical (unpaired) electrons. The number of hydrogen-bond acceptors (Lipinski definition) is 4. The Kier molecular flexibility index (Phi) is 4.99. The maximum atomic E-state index is 12.7. The number of benzene rings is 1. The molecule has 2 fully saturated rings. The van der Waals surface area contributed by atoms with Gasteiger partial charge in [0, 0.05) is 0 Å². The normalized spacial score (nSPS) is 20.7. The van der Waals surface area contributed by atoms with Crippen LogP contribution in [-0.4, -0.2) is 46.7 Å². The number of hydrogen-bond donors (Lipinski definition) is 2. The minimum atomic E-state index is -0.922. The van der Waals surface area contributed by atoms with E-state index >= 15 is 0 Å². The largest absolute Gasteiger partial charge is 0.491 e. The second kappa shape index (κ2) is 7.04. The number of aryl methyl sites for hydroxylation is 2. The Bertz CT molecular complexity index is 667. The van der Waals surface area contributed by atoms with Gasteiger partial charge in [0.15, 0.2) is 0 Å². The number of ether oxygens (including phenoxy) is 1. The molecule has 136 valence electrons. The van der Waals surface area contributed by atoms with Crippen molar-refractivity contribution in [2.24, 2.45) is 0 Å². The van der Waals surface area contributed by atoms with Crippen molar-refractivity contribution < 1.29 is 19.4 Å². The maximum Gasteiger partial charge on any atom is 0.325 e. The summed E-state index contributed by atoms with van der Waals surface area (Å²) < 4.78 is 5.65. The molecule has 25 heavy (non-hydrogen) atoms. The number of imide groups is 1. The van der Waals surface area contributed by atoms with Gasteiger partial charge < -0.3 is 15.2 Å². The Morgan fingerprint density at radius 1 is 1.24 bits per heavy atom. The predicted molar refractivity (Wildman–Crippen MR) is 93.5 cm³/mol. The van der Waals surface area contributed by atoms with Gasteiger partial charge in [-0.2, -0.15) is 0 Å². The van der Waals surface area contributed by atoms with Crippen molar-refractivity contribution in [2.45, 2.75) is 57.6 Å². The first-order valence-corrected chi connectivity index (χ1v) is 8.93. The molecule has 1 aliphatic heterocycles. The summed E-state index contributed by atoms with van der Waals surface area (Å²) in [5.41, 5.74) is 1.38. The van der Waals surface area contributed by atoms with Gasteiger partial charge >= 0.3 is 6.03 Å². The van der Waals surface area contributed by atoms with Gasteiger partial charge in [-0.15, -0.1) is 0 Å². The fourth-order valence-corrected chi connectivity index (χ4v) is 3.75. The van der Waals surface area contributed by atoms with E-state index in [1.165, 1.54) is 0 Å². The number of carbonyl (C=O) groups excluding carboxylic acids is 2. The van der Waals surface area contributed by atoms with Crippen molar-refractivity contribution >= 4 is 11.9 Å². The lowest BCUT2D eigenvalue weighted by Gasteiger charge is -2.30. The van der Waals surface area contributed by atoms with E-state index in [9.17, 15) is 14.7 Å². The van der Waals surface area contributed by atoms with Crippen LogP contribution in [0.3, 0.4) is 0 Å². The molecule has 6 nitrogen and oxygen atoms in total. The van der Waals surface area contributed by atoms with Gasteiger partial charge in [0.05, 0.1) is 6.54 Å². The fourth-order valence-electron chi connectivity index (χ4n) is 3.75. The zero-order chi connectivity index (χ0) is 18.0. The summed E-state index contributed by atoms with van der Waals surface area (Å²) in [4.78, 5) is 26.0. The quantitative estimate of drug-likeness (QED) is 0.802. The Morgan fingerprint density at radius 3 is 2.64 bits per heavy atom. The first-order chi connectivity index (χ1) is 11.9. The molecule has 0 unspecified atom stereocenters. The molecule has 2 N–H and O–H groups in total. The number of aliphatic hydroxyl groups is 1. The maximum absolute atomic E-state index is 12.7. The number of nitrogens with zero attached hydrogens (tertiary/aromatic N) is 1. The smallest absolute Gasteiger partial charge is 0.325 e. The van der Waals surface area contributed by atoms with Gasteiger partial charge in [-0.1, -0.05) is 37.0 Å². The van der Waals surface area contributed by atoms with E-state index in [0.717, 1.165) is 35.3 Å². The first-order valence-electron chi connectivity index (χ1n) is 8.93. The number of rotatable bonds is 5. The van der Waals surface area contributed by atoms with Crippen LogP contribution < -0.4 is 10.1 Å². The third kappa shape index (κ3) is 3.63. The zero-order valence-electron chi connectivity index (χ0n) is 14.9. The molecule has 3 rings (SSSR count). The molecule has 6 heteroatoms. The van der Waals surface area contributed by atoms with Gasteiger partial charge in [-0.3, -0.25) is 9.69 Å². The minimum absolute atomic E-state index is 0.0357. The summed E-state index contributed by atoms with van der Waals surface area (Å²) in [5.74, 6) is 0.494. The van der Waals surface area contributed by atoms with Crippen LogP contribution in [0.25, 0.3) is 0 Å². The van der Waals surface area contributed by atoms with Crippen molar-refractivity contribution in [3.05, 3.63) is 29.3 Å². The molecule has 1 saturated carbocycles. The molecule has 1 atom stereocenters. The standard InChI is InChI=1S/C19H26N2O4/c1-13-6-7-16(14(2)10-13)25-12-15(22)11-21-17(23)19(20-18(21)24)8-4-3-5-9-19/h6-7,10,15,22H,3-5,8-9,11-12H2,1-2H3,(H,20,24)/t15-/m1/s1. The number of β-amino-alcohol motifs (C(OH)–C–C–N with tert-alkyl or cyclic N) is 1. The van der Waals surface area contributed by atoms with E-state index in [1.54, 1.807) is 0 Å². The average molecular weight is 346 g/mol. The van der Waals surface area contributed by atoms with Gasteiger partial charge in [-0.05, 0) is 38.3 Å². The van der Waals surface area contributed by atoms with Crippen LogP contribution in [0.4, 0.5) is 4.79 Å². The van der Waals surface area contributed by atoms with E-state index in [4.69, 9.17) is 4.74 Å². The topological polar surface area (TPSA) is 78.9 Å². The Morgan fingerprint density at radius 2 is 1.96 bits per heavy atom. The van der Waals surface area contributed by atoms with Crippen molar-refractivity contribution in [1.82, 2.24) is 10.2 Å². The van der Waals surface area contributed by atoms with Crippen molar-refractivity contribution in [3.8, 4) is 5.75 Å². The molecule has 1 saturated heterocycles. The molecular formula is C19H26N2O4. The van der Waals surface area contributed by atoms with E-state index in [2.05, 4.69) is 5.32 Å². The van der Waals surface area contributed by atoms with Gasteiger partial charge in [0.2, 0.25) is 0 Å². The monoisotopic (exact) mass is 346 g/mol. The molecule has 2 aliphatic rings. The van der Waals surface area contributed by atoms with E-state index in [0.29, 0.717) is 18.6 Å². The van der Waals surface area contributed by atoms with Crippen molar-refractivity contribution in [2.75, 3.05) is 13.2 Å². The van der Waals surface area contributed by atoms with Crippen LogP contribution >= 0.6 is 0 Å². The second-order valence-electron chi connectivity index (χ2n) is 7.22. The highest BCUT2D eigenvalue weighted by Crippen LogP contribution is 2.33. The zero-order valence-corrected chi connectivity index (χ0v) is 14.9. The molecule has 3 amide bonds. The van der Waals surface area contributed by atoms with Gasteiger partial charge in [-0.25, -0.2) is 4.79 Å². The highest BCUT2D eigenvalue weighted by Gasteiger charge is 2.51. The molecule has 0 aromatic heterocycles. The Labute approximate surface area is 148 Å². The van der Waals surface area contributed by atoms with E-state index in [-0.39, 0.29) is 19.1 Å². The summed E-state index contributed by atoms with van der Waals surface area (Å²) in [6.45, 7) is 3.94. The third-order valence-electron chi connectivity index (χ3n) is 5.11. The first kappa shape index (κ1) is 17.7. The molecule has 1 aromatic rings. The summed E-state index contributed by atoms with van der Waals surface area (Å²) in [6, 6.07) is 5.41. The Balaban J connectivity index is 1.58. The molecule has 1 heterocycles. The number of urea groups is 1. The average Bonchev–Trinajstić information content (AvgIpc) is 2.79. The summed E-state index contributed by atoms with van der Waals surface area (Å²) in [7, 11) is 0. The fraction of sp³-hybridized carbons (Fsp3) is 0.579. The van der Waals surface area contributed by atoms with E-state index in [1.807, 2.05) is 32.0 Å². The number of amides is 3. The summed E-state index contributed by atoms with van der Waals surface area (Å²) in [6.07, 6.45) is 3.43. The van der Waals surface area contributed by atoms with Gasteiger partial charge in [0.1, 0.15) is 24.0 Å². The number of aliphatic hydroxyl groups excluding tert-OH is 1. The molecule has 0 bridgehead atoms. The van der Waals surface area contributed by atoms with Crippen LogP contribution in [0.15, 0.2) is 18.2 Å². The van der Waals surface area contributed by atoms with Gasteiger partial charge in [0.25, 0.3) is 5.91 Å². The highest BCUT2D eigenvalue weighted by atomic mass is 16.5. The van der Waals surface area contributed by atoms with Crippen LogP contribution in [0.1, 0.15) is 43.2 Å². The molecule has 1 spiro atoms. The highest BCUT2D eigenvalue weighted by molar-refractivity contribution is 6.07. The van der Waals surface area contributed by atoms with Crippen molar-refractivity contribution in [3.63, 3.8) is 0 Å².